The van der Waals surface area contributed by atoms with Crippen molar-refractivity contribution in [1.29, 1.82) is 0 Å². The monoisotopic (exact) mass is 295 g/mol. The van der Waals surface area contributed by atoms with E-state index in [9.17, 15) is 14.7 Å². The van der Waals surface area contributed by atoms with Crippen LogP contribution >= 0.6 is 0 Å². The van der Waals surface area contributed by atoms with Gasteiger partial charge >= 0.3 is 5.69 Å². The van der Waals surface area contributed by atoms with Crippen molar-refractivity contribution >= 4 is 17.1 Å². The highest BCUT2D eigenvalue weighted by atomic mass is 16.3. The summed E-state index contributed by atoms with van der Waals surface area (Å²) >= 11 is 0. The van der Waals surface area contributed by atoms with Crippen LogP contribution in [-0.4, -0.2) is 57.0 Å². The first kappa shape index (κ1) is 13.8. The Kier molecular flexibility index (Phi) is 3.52. The summed E-state index contributed by atoms with van der Waals surface area (Å²) in [5.74, 6) is 0.638. The van der Waals surface area contributed by atoms with Gasteiger partial charge in [-0.25, -0.2) is 4.79 Å². The molecule has 1 aliphatic heterocycles. The number of anilines is 1. The molecule has 3 rings (SSSR count). The maximum atomic E-state index is 12.1. The van der Waals surface area contributed by atoms with Gasteiger partial charge in [-0.3, -0.25) is 14.3 Å². The number of quaternary nitrogens is 1. The van der Waals surface area contributed by atoms with Gasteiger partial charge in [-0.05, 0) is 0 Å². The van der Waals surface area contributed by atoms with Crippen molar-refractivity contribution in [3.8, 4) is 0 Å². The van der Waals surface area contributed by atoms with Crippen LogP contribution in [0.4, 0.5) is 5.95 Å². The molecule has 9 nitrogen and oxygen atoms in total. The molecule has 0 amide bonds. The molecule has 0 aromatic carbocycles. The van der Waals surface area contributed by atoms with Crippen LogP contribution in [0.5, 0.6) is 0 Å². The molecule has 3 heterocycles. The van der Waals surface area contributed by atoms with E-state index >= 15 is 0 Å². The zero-order valence-electron chi connectivity index (χ0n) is 11.9. The van der Waals surface area contributed by atoms with E-state index in [0.29, 0.717) is 17.1 Å². The highest BCUT2D eigenvalue weighted by Gasteiger charge is 2.23. The van der Waals surface area contributed by atoms with Crippen LogP contribution in [0.3, 0.4) is 0 Å². The number of nitrogens with one attached hydrogen (secondary N) is 1. The van der Waals surface area contributed by atoms with Crippen LogP contribution in [0.25, 0.3) is 11.2 Å². The van der Waals surface area contributed by atoms with E-state index in [2.05, 4.69) is 20.2 Å². The van der Waals surface area contributed by atoms with Gasteiger partial charge in [0, 0.05) is 13.6 Å². The molecule has 2 aromatic rings. The highest BCUT2D eigenvalue weighted by molar-refractivity contribution is 5.74. The molecule has 1 aliphatic rings. The lowest BCUT2D eigenvalue weighted by Gasteiger charge is -2.26. The topological polar surface area (TPSA) is 113 Å². The van der Waals surface area contributed by atoms with Gasteiger partial charge in [0.1, 0.15) is 0 Å². The summed E-state index contributed by atoms with van der Waals surface area (Å²) in [5.41, 5.74) is -0.277. The zero-order valence-corrected chi connectivity index (χ0v) is 11.9. The van der Waals surface area contributed by atoms with Gasteiger partial charge in [0.05, 0.1) is 32.8 Å². The molecule has 1 saturated heterocycles. The van der Waals surface area contributed by atoms with Gasteiger partial charge in [-0.2, -0.15) is 4.98 Å². The molecule has 0 radical (unpaired) electrons. The van der Waals surface area contributed by atoms with Crippen LogP contribution in [0.1, 0.15) is 0 Å². The Morgan fingerprint density at radius 2 is 2.05 bits per heavy atom. The van der Waals surface area contributed by atoms with Crippen LogP contribution in [0.15, 0.2) is 9.59 Å². The smallest absolute Gasteiger partial charge is 0.329 e. The van der Waals surface area contributed by atoms with E-state index in [0.717, 1.165) is 26.2 Å². The summed E-state index contributed by atoms with van der Waals surface area (Å²) in [5, 5.41) is 11.5. The number of piperazine rings is 1. The summed E-state index contributed by atoms with van der Waals surface area (Å²) in [7, 11) is 1.57. The van der Waals surface area contributed by atoms with E-state index in [1.54, 1.807) is 11.6 Å². The van der Waals surface area contributed by atoms with E-state index in [1.165, 1.54) is 4.57 Å². The Morgan fingerprint density at radius 1 is 1.33 bits per heavy atom. The van der Waals surface area contributed by atoms with Crippen molar-refractivity contribution in [3.05, 3.63) is 20.8 Å². The Hall–Kier alpha value is -2.13. The molecule has 0 atom stereocenters. The molecular formula is C12H19N6O3+. The Bertz CT molecular complexity index is 768. The number of aromatic amines is 1. The molecule has 0 saturated carbocycles. The van der Waals surface area contributed by atoms with Crippen LogP contribution < -0.4 is 21.5 Å². The lowest BCUT2D eigenvalue weighted by molar-refractivity contribution is -0.655. The predicted molar refractivity (Wildman–Crippen MR) is 76.6 cm³/mol. The molecule has 114 valence electrons. The molecule has 0 aliphatic carbocycles. The quantitative estimate of drug-likeness (QED) is 0.552. The van der Waals surface area contributed by atoms with Crippen molar-refractivity contribution in [3.63, 3.8) is 0 Å². The first-order valence-electron chi connectivity index (χ1n) is 7.00. The number of aromatic nitrogens is 4. The van der Waals surface area contributed by atoms with E-state index in [1.807, 2.05) is 0 Å². The Balaban J connectivity index is 2.26. The van der Waals surface area contributed by atoms with E-state index in [4.69, 9.17) is 0 Å². The van der Waals surface area contributed by atoms with E-state index in [-0.39, 0.29) is 13.2 Å². The maximum Gasteiger partial charge on any atom is 0.329 e. The summed E-state index contributed by atoms with van der Waals surface area (Å²) < 4.78 is 3.02. The SMILES string of the molecule is Cn1c(=O)[nH]c(=O)c2c1nc(N1CC[NH2+]CC1)n2CCO. The standard InChI is InChI=1S/C12H18N6O3/c1-16-9-8(10(20)15-12(16)21)18(6-7-19)11(14-9)17-4-2-13-3-5-17/h13,19H,2-7H2,1H3,(H,15,20,21)/p+1. The molecule has 21 heavy (non-hydrogen) atoms. The molecular weight excluding hydrogens is 276 g/mol. The van der Waals surface area contributed by atoms with Gasteiger partial charge in [0.15, 0.2) is 11.2 Å². The van der Waals surface area contributed by atoms with Crippen molar-refractivity contribution in [2.45, 2.75) is 6.54 Å². The summed E-state index contributed by atoms with van der Waals surface area (Å²) in [6, 6.07) is 0. The van der Waals surface area contributed by atoms with Crippen LogP contribution in [-0.2, 0) is 13.6 Å². The van der Waals surface area contributed by atoms with Gasteiger partial charge in [-0.1, -0.05) is 0 Å². The van der Waals surface area contributed by atoms with E-state index < -0.39 is 11.2 Å². The third-order valence-corrected chi connectivity index (χ3v) is 3.80. The van der Waals surface area contributed by atoms with Gasteiger partial charge in [0.25, 0.3) is 5.56 Å². The molecule has 9 heteroatoms. The van der Waals surface area contributed by atoms with Crippen molar-refractivity contribution in [2.75, 3.05) is 37.7 Å². The third kappa shape index (κ3) is 2.24. The van der Waals surface area contributed by atoms with Crippen molar-refractivity contribution < 1.29 is 10.4 Å². The fourth-order valence-corrected chi connectivity index (χ4v) is 2.73. The number of aliphatic hydroxyl groups excluding tert-OH is 1. The first-order chi connectivity index (χ1) is 10.1. The van der Waals surface area contributed by atoms with Crippen molar-refractivity contribution in [2.24, 2.45) is 7.05 Å². The fourth-order valence-electron chi connectivity index (χ4n) is 2.73. The minimum Gasteiger partial charge on any atom is -0.395 e. The van der Waals surface area contributed by atoms with Crippen molar-refractivity contribution in [1.82, 2.24) is 19.1 Å². The molecule has 1 fully saturated rings. The van der Waals surface area contributed by atoms with Gasteiger partial charge in [-0.15, -0.1) is 0 Å². The second-order valence-electron chi connectivity index (χ2n) is 5.13. The normalized spacial score (nSPS) is 15.8. The average Bonchev–Trinajstić information content (AvgIpc) is 2.86. The number of fused-ring (bicyclic) bond motifs is 1. The lowest BCUT2D eigenvalue weighted by atomic mass is 10.4. The minimum absolute atomic E-state index is 0.0965. The fraction of sp³-hybridized carbons (Fsp3) is 0.583. The number of aliphatic hydroxyl groups is 1. The second kappa shape index (κ2) is 5.34. The molecule has 4 N–H and O–H groups in total. The Labute approximate surface area is 119 Å². The molecule has 0 unspecified atom stereocenters. The maximum absolute atomic E-state index is 12.1. The number of nitrogens with two attached hydrogens (primary N) is 1. The molecule has 0 spiro atoms. The third-order valence-electron chi connectivity index (χ3n) is 3.80. The molecule has 2 aromatic heterocycles. The summed E-state index contributed by atoms with van der Waals surface area (Å²) in [4.78, 5) is 32.7. The number of imidazole rings is 1. The van der Waals surface area contributed by atoms with Gasteiger partial charge in [0.2, 0.25) is 5.95 Å². The summed E-state index contributed by atoms with van der Waals surface area (Å²) in [6.45, 7) is 3.73. The Morgan fingerprint density at radius 3 is 2.71 bits per heavy atom. The number of H-pyrrole nitrogens is 1. The lowest BCUT2D eigenvalue weighted by Crippen LogP contribution is -2.89. The zero-order chi connectivity index (χ0) is 15.0. The van der Waals surface area contributed by atoms with Crippen LogP contribution in [0, 0.1) is 0 Å². The highest BCUT2D eigenvalue weighted by Crippen LogP contribution is 2.19. The van der Waals surface area contributed by atoms with Gasteiger partial charge < -0.3 is 19.9 Å². The number of hydrogen-bond acceptors (Lipinski definition) is 5. The predicted octanol–water partition coefficient (Wildman–Crippen LogP) is -3.20. The number of nitrogens with zero attached hydrogens (tertiary/aromatic N) is 4. The summed E-state index contributed by atoms with van der Waals surface area (Å²) in [6.07, 6.45) is 0. The van der Waals surface area contributed by atoms with Crippen LogP contribution in [0.2, 0.25) is 0 Å². The minimum atomic E-state index is -0.486. The number of rotatable bonds is 3. The average molecular weight is 295 g/mol. The number of aryl methyl sites for hydroxylation is 1. The first-order valence-corrected chi connectivity index (χ1v) is 7.00. The second-order valence-corrected chi connectivity index (χ2v) is 5.13. The number of hydrogen-bond donors (Lipinski definition) is 3. The molecule has 0 bridgehead atoms. The largest absolute Gasteiger partial charge is 0.395 e.